The molecule has 140 valence electrons. The zero-order valence-electron chi connectivity index (χ0n) is 15.8. The maximum Gasteiger partial charge on any atom is 0.410 e. The average molecular weight is 374 g/mol. The normalized spacial score (nSPS) is 22.6. The summed E-state index contributed by atoms with van der Waals surface area (Å²) in [4.78, 5) is 23.0. The number of allylic oxidation sites excluding steroid dienone is 3. The number of fused-ring (bicyclic) bond motifs is 1. The van der Waals surface area contributed by atoms with Gasteiger partial charge in [-0.3, -0.25) is 0 Å². The van der Waals surface area contributed by atoms with Crippen LogP contribution < -0.4 is 0 Å². The van der Waals surface area contributed by atoms with Crippen molar-refractivity contribution in [2.75, 3.05) is 26.2 Å². The molecule has 1 atom stereocenters. The highest BCUT2D eigenvalue weighted by molar-refractivity contribution is 7.11. The van der Waals surface area contributed by atoms with Gasteiger partial charge in [-0.1, -0.05) is 6.08 Å². The minimum atomic E-state index is -0.440. The van der Waals surface area contributed by atoms with Gasteiger partial charge in [-0.2, -0.15) is 0 Å². The van der Waals surface area contributed by atoms with Gasteiger partial charge in [0.05, 0.1) is 10.7 Å². The van der Waals surface area contributed by atoms with Gasteiger partial charge in [0.15, 0.2) is 0 Å². The largest absolute Gasteiger partial charge is 0.444 e. The van der Waals surface area contributed by atoms with E-state index in [1.165, 1.54) is 21.3 Å². The van der Waals surface area contributed by atoms with Crippen LogP contribution in [0.1, 0.15) is 48.7 Å². The van der Waals surface area contributed by atoms with E-state index >= 15 is 0 Å². The van der Waals surface area contributed by atoms with Gasteiger partial charge in [-0.25, -0.2) is 9.78 Å². The number of nitrogens with zero attached hydrogens (tertiary/aromatic N) is 3. The maximum atomic E-state index is 12.3. The topological polar surface area (TPSA) is 45.7 Å². The molecule has 0 N–H and O–H groups in total. The number of likely N-dealkylation sites (tertiary alicyclic amines) is 1. The van der Waals surface area contributed by atoms with Crippen LogP contribution in [0, 0.1) is 0 Å². The van der Waals surface area contributed by atoms with Gasteiger partial charge in [0.1, 0.15) is 5.60 Å². The second kappa shape index (κ2) is 6.72. The minimum Gasteiger partial charge on any atom is -0.444 e. The number of carbonyl (C=O) groups is 1. The Labute approximate surface area is 159 Å². The number of amides is 1. The van der Waals surface area contributed by atoms with Crippen LogP contribution in [0.2, 0.25) is 0 Å². The first kappa shape index (κ1) is 17.6. The van der Waals surface area contributed by atoms with E-state index in [1.54, 1.807) is 0 Å². The molecular weight excluding hydrogens is 346 g/mol. The van der Waals surface area contributed by atoms with Crippen LogP contribution >= 0.6 is 11.3 Å². The fourth-order valence-electron chi connectivity index (χ4n) is 3.66. The van der Waals surface area contributed by atoms with E-state index in [0.717, 1.165) is 45.4 Å². The molecule has 5 nitrogen and oxygen atoms in total. The molecule has 1 aromatic rings. The molecule has 0 bridgehead atoms. The molecule has 1 unspecified atom stereocenters. The Morgan fingerprint density at radius 2 is 2.04 bits per heavy atom. The van der Waals surface area contributed by atoms with Gasteiger partial charge in [0, 0.05) is 55.5 Å². The molecule has 0 aromatic carbocycles. The quantitative estimate of drug-likeness (QED) is 0.793. The number of carbonyl (C=O) groups excluding carboxylic acids is 1. The Morgan fingerprint density at radius 3 is 2.73 bits per heavy atom. The second-order valence-corrected chi connectivity index (χ2v) is 9.39. The molecule has 6 heteroatoms. The van der Waals surface area contributed by atoms with Crippen molar-refractivity contribution < 1.29 is 9.53 Å². The molecule has 1 amide bonds. The molecule has 3 aliphatic rings. The van der Waals surface area contributed by atoms with Crippen molar-refractivity contribution >= 4 is 17.4 Å². The number of hydrogen-bond donors (Lipinski definition) is 0. The van der Waals surface area contributed by atoms with E-state index in [4.69, 9.17) is 9.72 Å². The van der Waals surface area contributed by atoms with Crippen molar-refractivity contribution in [2.24, 2.45) is 0 Å². The lowest BCUT2D eigenvalue weighted by Gasteiger charge is -2.26. The highest BCUT2D eigenvalue weighted by atomic mass is 32.1. The Hall–Kier alpha value is -1.82. The van der Waals surface area contributed by atoms with Crippen molar-refractivity contribution in [1.29, 1.82) is 0 Å². The summed E-state index contributed by atoms with van der Waals surface area (Å²) in [5.74, 6) is 0.354. The highest BCUT2D eigenvalue weighted by Crippen LogP contribution is 2.34. The van der Waals surface area contributed by atoms with Crippen molar-refractivity contribution in [3.63, 3.8) is 0 Å². The molecule has 2 aliphatic heterocycles. The van der Waals surface area contributed by atoms with E-state index in [2.05, 4.69) is 23.1 Å². The van der Waals surface area contributed by atoms with Crippen LogP contribution in [0.3, 0.4) is 0 Å². The predicted molar refractivity (Wildman–Crippen MR) is 103 cm³/mol. The number of rotatable bonds is 2. The van der Waals surface area contributed by atoms with Gasteiger partial charge in [-0.05, 0) is 39.3 Å². The molecule has 26 heavy (non-hydrogen) atoms. The Bertz CT molecular complexity index is 734. The summed E-state index contributed by atoms with van der Waals surface area (Å²) in [6, 6.07) is 0. The van der Waals surface area contributed by atoms with Crippen LogP contribution in [-0.2, 0) is 17.6 Å². The Balaban J connectivity index is 1.38. The lowest BCUT2D eigenvalue weighted by Crippen LogP contribution is -2.35. The standard InChI is InChI=1S/C20H27N3O2S/c1-20(2,3)25-19(24)23-10-7-14(13-23)18-21-16-8-11-22(15-5-4-6-15)12-9-17(16)26-18/h4-6,14H,7-13H2,1-3H3. The molecule has 0 spiro atoms. The van der Waals surface area contributed by atoms with Gasteiger partial charge < -0.3 is 14.5 Å². The molecule has 1 aromatic heterocycles. The number of thiazole rings is 1. The van der Waals surface area contributed by atoms with E-state index in [-0.39, 0.29) is 6.09 Å². The first-order valence-corrected chi connectivity index (χ1v) is 10.3. The lowest BCUT2D eigenvalue weighted by atomic mass is 10.1. The fourth-order valence-corrected chi connectivity index (χ4v) is 4.89. The average Bonchev–Trinajstić information content (AvgIpc) is 3.10. The van der Waals surface area contributed by atoms with Crippen molar-refractivity contribution in [2.45, 2.75) is 51.6 Å². The van der Waals surface area contributed by atoms with E-state index in [1.807, 2.05) is 37.0 Å². The third-order valence-corrected chi connectivity index (χ3v) is 6.43. The summed E-state index contributed by atoms with van der Waals surface area (Å²) in [6.45, 7) is 9.34. The summed E-state index contributed by atoms with van der Waals surface area (Å²) >= 11 is 1.86. The van der Waals surface area contributed by atoms with Gasteiger partial charge in [0.25, 0.3) is 0 Å². The molecule has 1 saturated heterocycles. The summed E-state index contributed by atoms with van der Waals surface area (Å²) in [6.07, 6.45) is 9.33. The Kier molecular flexibility index (Phi) is 4.55. The lowest BCUT2D eigenvalue weighted by molar-refractivity contribution is 0.0292. The smallest absolute Gasteiger partial charge is 0.410 e. The van der Waals surface area contributed by atoms with Gasteiger partial charge in [0.2, 0.25) is 0 Å². The number of ether oxygens (including phenoxy) is 1. The molecule has 4 rings (SSSR count). The molecule has 0 saturated carbocycles. The predicted octanol–water partition coefficient (Wildman–Crippen LogP) is 3.72. The Morgan fingerprint density at radius 1 is 1.27 bits per heavy atom. The van der Waals surface area contributed by atoms with Gasteiger partial charge in [-0.15, -0.1) is 11.3 Å². The zero-order chi connectivity index (χ0) is 18.3. The van der Waals surface area contributed by atoms with E-state index in [9.17, 15) is 4.79 Å². The highest BCUT2D eigenvalue weighted by Gasteiger charge is 2.33. The zero-order valence-corrected chi connectivity index (χ0v) is 16.6. The maximum absolute atomic E-state index is 12.3. The summed E-state index contributed by atoms with van der Waals surface area (Å²) in [5, 5.41) is 1.21. The third kappa shape index (κ3) is 3.65. The summed E-state index contributed by atoms with van der Waals surface area (Å²) in [7, 11) is 0. The molecular formula is C20H27N3O2S. The summed E-state index contributed by atoms with van der Waals surface area (Å²) in [5.41, 5.74) is 2.18. The minimum absolute atomic E-state index is 0.199. The molecule has 1 aliphatic carbocycles. The number of aromatic nitrogens is 1. The van der Waals surface area contributed by atoms with Crippen LogP contribution in [0.4, 0.5) is 4.79 Å². The van der Waals surface area contributed by atoms with Crippen LogP contribution in [-0.4, -0.2) is 52.7 Å². The van der Waals surface area contributed by atoms with Crippen LogP contribution in [0.15, 0.2) is 23.9 Å². The molecule has 3 heterocycles. The first-order valence-electron chi connectivity index (χ1n) is 9.49. The van der Waals surface area contributed by atoms with E-state index < -0.39 is 5.60 Å². The first-order chi connectivity index (χ1) is 12.4. The molecule has 1 fully saturated rings. The monoisotopic (exact) mass is 373 g/mol. The summed E-state index contributed by atoms with van der Waals surface area (Å²) < 4.78 is 5.51. The third-order valence-electron chi connectivity index (χ3n) is 5.11. The number of hydrogen-bond acceptors (Lipinski definition) is 5. The van der Waals surface area contributed by atoms with Crippen molar-refractivity contribution in [3.05, 3.63) is 39.5 Å². The SMILES string of the molecule is CC(C)(C)OC(=O)N1CCC(c2nc3c(s2)CCN(C2=CC=C2)CC3)C1. The van der Waals surface area contributed by atoms with Crippen LogP contribution in [0.25, 0.3) is 0 Å². The van der Waals surface area contributed by atoms with Crippen LogP contribution in [0.5, 0.6) is 0 Å². The second-order valence-electron chi connectivity index (χ2n) is 8.27. The molecule has 0 radical (unpaired) electrons. The van der Waals surface area contributed by atoms with E-state index in [0.29, 0.717) is 5.92 Å². The van der Waals surface area contributed by atoms with Gasteiger partial charge >= 0.3 is 6.09 Å². The fraction of sp³-hybridized carbons (Fsp3) is 0.600. The van der Waals surface area contributed by atoms with Crippen molar-refractivity contribution in [1.82, 2.24) is 14.8 Å². The van der Waals surface area contributed by atoms with Crippen molar-refractivity contribution in [3.8, 4) is 0 Å².